The minimum Gasteiger partial charge on any atom is -0.400 e. The van der Waals surface area contributed by atoms with Crippen LogP contribution in [0.25, 0.3) is 0 Å². The van der Waals surface area contributed by atoms with Crippen LogP contribution in [0, 0.1) is 0 Å². The lowest BCUT2D eigenvalue weighted by Gasteiger charge is -1.21. The van der Waals surface area contributed by atoms with E-state index in [9.17, 15) is 0 Å². The lowest BCUT2D eigenvalue weighted by atomic mass is 11.0. The van der Waals surface area contributed by atoms with E-state index in [1.54, 1.807) is 6.26 Å². The second kappa shape index (κ2) is 4620. The zero-order valence-electron chi connectivity index (χ0n) is 6.89. The van der Waals surface area contributed by atoms with Crippen molar-refractivity contribution in [2.24, 2.45) is 0 Å². The van der Waals surface area contributed by atoms with Gasteiger partial charge in [-0.2, -0.15) is 12.6 Å². The number of rotatable bonds is 0. The van der Waals surface area contributed by atoms with Crippen LogP contribution in [0.15, 0.2) is 0 Å². The molecular weight excluding hydrogens is 132 g/mol. The van der Waals surface area contributed by atoms with Crippen LogP contribution >= 0.6 is 12.6 Å². The van der Waals surface area contributed by atoms with Crippen molar-refractivity contribution >= 4 is 12.6 Å². The molecule has 9 heavy (non-hydrogen) atoms. The van der Waals surface area contributed by atoms with Crippen LogP contribution in [0.4, 0.5) is 0 Å². The van der Waals surface area contributed by atoms with Crippen LogP contribution in [0.3, 0.4) is 0 Å². The number of hydrogen-bond acceptors (Lipinski definition) is 2. The molecule has 0 aliphatic carbocycles. The molecule has 1 N–H and O–H groups in total. The van der Waals surface area contributed by atoms with E-state index in [4.69, 9.17) is 5.11 Å². The van der Waals surface area contributed by atoms with E-state index in [0.29, 0.717) is 0 Å². The first-order valence-electron chi connectivity index (χ1n) is 2.89. The molecule has 0 aromatic rings. The van der Waals surface area contributed by atoms with Crippen molar-refractivity contribution in [3.05, 3.63) is 0 Å². The van der Waals surface area contributed by atoms with Crippen molar-refractivity contribution in [2.75, 3.05) is 13.4 Å². The lowest BCUT2D eigenvalue weighted by Crippen LogP contribution is -1.25. The fourth-order valence-corrected chi connectivity index (χ4v) is 0. The van der Waals surface area contributed by atoms with E-state index < -0.39 is 0 Å². The molecule has 0 unspecified atom stereocenters. The molecule has 0 spiro atoms. The number of aliphatic hydroxyl groups excluding tert-OH is 1. The van der Waals surface area contributed by atoms with Crippen LogP contribution < -0.4 is 0 Å². The maximum absolute atomic E-state index is 7.00. The zero-order chi connectivity index (χ0) is 8.00. The molecule has 0 aliphatic heterocycles. The highest BCUT2D eigenvalue weighted by Crippen LogP contribution is 1.31. The summed E-state index contributed by atoms with van der Waals surface area (Å²) < 4.78 is 0. The Morgan fingerprint density at radius 3 is 0.778 bits per heavy atom. The maximum atomic E-state index is 7.00. The molecule has 2 heteroatoms. The van der Waals surface area contributed by atoms with Gasteiger partial charge in [0.25, 0.3) is 0 Å². The molecule has 0 atom stereocenters. The Morgan fingerprint density at radius 1 is 0.778 bits per heavy atom. The Morgan fingerprint density at radius 2 is 0.778 bits per heavy atom. The van der Waals surface area contributed by atoms with Crippen LogP contribution in [-0.2, 0) is 0 Å². The fraction of sp³-hybridized carbons (Fsp3) is 1.00. The number of aliphatic hydroxyl groups is 1. The van der Waals surface area contributed by atoms with E-state index >= 15 is 0 Å². The Bertz CT molecular complexity index is 8.88. The van der Waals surface area contributed by atoms with Gasteiger partial charge in [0.05, 0.1) is 0 Å². The SMILES string of the molecule is C.CC.CC.CO.CS. The van der Waals surface area contributed by atoms with Gasteiger partial charge in [0.15, 0.2) is 0 Å². The summed E-state index contributed by atoms with van der Waals surface area (Å²) in [4.78, 5) is 0. The average molecular weight is 156 g/mol. The summed E-state index contributed by atoms with van der Waals surface area (Å²) in [6, 6.07) is 0. The van der Waals surface area contributed by atoms with Crippen molar-refractivity contribution in [2.45, 2.75) is 35.1 Å². The molecule has 1 nitrogen and oxygen atoms in total. The minimum absolute atomic E-state index is 0. The highest BCUT2D eigenvalue weighted by molar-refractivity contribution is 7.79. The van der Waals surface area contributed by atoms with Crippen molar-refractivity contribution < 1.29 is 5.11 Å². The fourth-order valence-electron chi connectivity index (χ4n) is 0. The molecule has 0 saturated heterocycles. The van der Waals surface area contributed by atoms with Crippen LogP contribution in [0.5, 0.6) is 0 Å². The average Bonchev–Trinajstić information content (AvgIpc) is 2.03. The van der Waals surface area contributed by atoms with Gasteiger partial charge >= 0.3 is 0 Å². The highest BCUT2D eigenvalue weighted by atomic mass is 32.1. The van der Waals surface area contributed by atoms with Gasteiger partial charge in [-0.1, -0.05) is 35.1 Å². The Kier molecular flexibility index (Phi) is 17800. The molecule has 0 heterocycles. The molecule has 0 bridgehead atoms. The molecular formula is C7H24OS. The van der Waals surface area contributed by atoms with Gasteiger partial charge in [0.2, 0.25) is 0 Å². The van der Waals surface area contributed by atoms with Crippen molar-refractivity contribution in [1.29, 1.82) is 0 Å². The Hall–Kier alpha value is 0.310. The van der Waals surface area contributed by atoms with Crippen LogP contribution in [0.2, 0.25) is 0 Å². The monoisotopic (exact) mass is 156 g/mol. The smallest absolute Gasteiger partial charge is 0.0319 e. The first kappa shape index (κ1) is 34.6. The molecule has 0 rings (SSSR count). The second-order valence-corrected chi connectivity index (χ2v) is 0. The third kappa shape index (κ3) is 3440. The molecule has 0 aromatic heterocycles. The van der Waals surface area contributed by atoms with E-state index in [0.717, 1.165) is 7.11 Å². The van der Waals surface area contributed by atoms with E-state index in [1.165, 1.54) is 0 Å². The third-order valence-electron chi connectivity index (χ3n) is 0. The van der Waals surface area contributed by atoms with Gasteiger partial charge in [0, 0.05) is 7.11 Å². The third-order valence-corrected chi connectivity index (χ3v) is 0. The molecule has 0 saturated carbocycles. The second-order valence-electron chi connectivity index (χ2n) is 0. The van der Waals surface area contributed by atoms with Crippen LogP contribution in [-0.4, -0.2) is 18.5 Å². The van der Waals surface area contributed by atoms with Crippen molar-refractivity contribution in [3.8, 4) is 0 Å². The molecule has 0 aromatic carbocycles. The quantitative estimate of drug-likeness (QED) is 0.517. The number of hydrogen-bond donors (Lipinski definition) is 2. The predicted molar refractivity (Wildman–Crippen MR) is 52.5 cm³/mol. The summed E-state index contributed by atoms with van der Waals surface area (Å²) >= 11 is 3.53. The van der Waals surface area contributed by atoms with E-state index in [-0.39, 0.29) is 7.43 Å². The summed E-state index contributed by atoms with van der Waals surface area (Å²) in [5.74, 6) is 0. The maximum Gasteiger partial charge on any atom is 0.0319 e. The summed E-state index contributed by atoms with van der Waals surface area (Å²) in [6.07, 6.45) is 1.69. The van der Waals surface area contributed by atoms with Gasteiger partial charge in [0.1, 0.15) is 0 Å². The van der Waals surface area contributed by atoms with E-state index in [2.05, 4.69) is 12.6 Å². The largest absolute Gasteiger partial charge is 0.400 e. The van der Waals surface area contributed by atoms with Gasteiger partial charge < -0.3 is 5.11 Å². The molecule has 0 radical (unpaired) electrons. The minimum atomic E-state index is 0. The van der Waals surface area contributed by atoms with E-state index in [1.807, 2.05) is 27.7 Å². The topological polar surface area (TPSA) is 20.2 Å². The number of thiol groups is 1. The molecule has 0 amide bonds. The van der Waals surface area contributed by atoms with Gasteiger partial charge in [-0.25, -0.2) is 0 Å². The zero-order valence-corrected chi connectivity index (χ0v) is 7.79. The van der Waals surface area contributed by atoms with Gasteiger partial charge in [-0.3, -0.25) is 0 Å². The molecule has 64 valence electrons. The summed E-state index contributed by atoms with van der Waals surface area (Å²) in [6.45, 7) is 8.00. The Balaban J connectivity index is -0.00000000762. The first-order valence-corrected chi connectivity index (χ1v) is 3.79. The van der Waals surface area contributed by atoms with Crippen molar-refractivity contribution in [1.82, 2.24) is 0 Å². The summed E-state index contributed by atoms with van der Waals surface area (Å²) in [5, 5.41) is 7.00. The summed E-state index contributed by atoms with van der Waals surface area (Å²) in [7, 11) is 1.00. The van der Waals surface area contributed by atoms with Crippen LogP contribution in [0.1, 0.15) is 35.1 Å². The van der Waals surface area contributed by atoms with Crippen molar-refractivity contribution in [3.63, 3.8) is 0 Å². The lowest BCUT2D eigenvalue weighted by molar-refractivity contribution is 0.399. The standard InChI is InChI=1S/2C2H6.CH4O.CH4S.CH4/c4*1-2;/h2*1-2H3;2*2H,1H3;1H4. The normalized spacial score (nSPS) is 2.67. The first-order chi connectivity index (χ1) is 4.00. The molecule has 0 aliphatic rings. The van der Waals surface area contributed by atoms with Gasteiger partial charge in [-0.15, -0.1) is 0 Å². The Labute approximate surface area is 66.9 Å². The highest BCUT2D eigenvalue weighted by Gasteiger charge is 0.934. The summed E-state index contributed by atoms with van der Waals surface area (Å²) in [5.41, 5.74) is 0. The molecule has 0 fully saturated rings. The predicted octanol–water partition coefficient (Wildman–Crippen LogP) is 2.84. The van der Waals surface area contributed by atoms with Gasteiger partial charge in [-0.05, 0) is 6.26 Å².